The van der Waals surface area contributed by atoms with Crippen LogP contribution in [0, 0.1) is 0 Å². The lowest BCUT2D eigenvalue weighted by Crippen LogP contribution is -2.39. The Hall–Kier alpha value is -1.75. The third kappa shape index (κ3) is 2.92. The summed E-state index contributed by atoms with van der Waals surface area (Å²) in [6.07, 6.45) is 0. The molecule has 0 saturated carbocycles. The molecule has 0 fully saturated rings. The topological polar surface area (TPSA) is 59.8 Å². The highest BCUT2D eigenvalue weighted by Gasteiger charge is 2.09. The van der Waals surface area contributed by atoms with Crippen LogP contribution in [0.4, 0.5) is 0 Å². The average Bonchev–Trinajstić information content (AvgIpc) is 2.31. The molecule has 0 saturated heterocycles. The molecule has 0 amide bonds. The third-order valence-electron chi connectivity index (χ3n) is 2.61. The van der Waals surface area contributed by atoms with Gasteiger partial charge >= 0.3 is 0 Å². The Bertz CT molecular complexity index is 598. The summed E-state index contributed by atoms with van der Waals surface area (Å²) in [7, 11) is 0. The van der Waals surface area contributed by atoms with Gasteiger partial charge in [-0.25, -0.2) is 4.68 Å². The molecule has 0 aliphatic heterocycles. The van der Waals surface area contributed by atoms with E-state index in [1.165, 1.54) is 4.68 Å². The van der Waals surface area contributed by atoms with E-state index in [9.17, 15) is 4.79 Å². The van der Waals surface area contributed by atoms with Crippen molar-refractivity contribution < 1.29 is 0 Å². The van der Waals surface area contributed by atoms with Crippen molar-refractivity contribution in [2.75, 3.05) is 6.54 Å². The molecule has 1 aromatic heterocycles. The second kappa shape index (κ2) is 4.86. The Morgan fingerprint density at radius 2 is 2.00 bits per heavy atom. The van der Waals surface area contributed by atoms with Gasteiger partial charge in [0.2, 0.25) is 0 Å². The van der Waals surface area contributed by atoms with Crippen LogP contribution in [-0.2, 0) is 6.54 Å². The van der Waals surface area contributed by atoms with E-state index in [1.54, 1.807) is 12.1 Å². The molecular weight excluding hydrogens is 228 g/mol. The lowest BCUT2D eigenvalue weighted by Gasteiger charge is -2.20. The summed E-state index contributed by atoms with van der Waals surface area (Å²) >= 11 is 0. The highest BCUT2D eigenvalue weighted by molar-refractivity contribution is 5.76. The molecular formula is C13H18N4O. The maximum absolute atomic E-state index is 12.1. The van der Waals surface area contributed by atoms with Crippen molar-refractivity contribution in [1.82, 2.24) is 20.3 Å². The van der Waals surface area contributed by atoms with Gasteiger partial charge in [-0.05, 0) is 32.9 Å². The molecule has 0 bridgehead atoms. The summed E-state index contributed by atoms with van der Waals surface area (Å²) in [5.74, 6) is 0. The molecule has 96 valence electrons. The zero-order valence-electron chi connectivity index (χ0n) is 11.0. The van der Waals surface area contributed by atoms with Gasteiger partial charge in [0, 0.05) is 12.1 Å². The predicted octanol–water partition coefficient (Wildman–Crippen LogP) is 1.18. The van der Waals surface area contributed by atoms with Gasteiger partial charge in [0.1, 0.15) is 5.52 Å². The predicted molar refractivity (Wildman–Crippen MR) is 71.6 cm³/mol. The maximum Gasteiger partial charge on any atom is 0.277 e. The van der Waals surface area contributed by atoms with Crippen molar-refractivity contribution >= 4 is 10.9 Å². The van der Waals surface area contributed by atoms with E-state index in [1.807, 2.05) is 12.1 Å². The Balaban J connectivity index is 2.20. The fourth-order valence-electron chi connectivity index (χ4n) is 1.71. The van der Waals surface area contributed by atoms with E-state index in [2.05, 4.69) is 36.4 Å². The largest absolute Gasteiger partial charge is 0.310 e. The minimum Gasteiger partial charge on any atom is -0.310 e. The van der Waals surface area contributed by atoms with E-state index in [4.69, 9.17) is 0 Å². The molecule has 5 heteroatoms. The number of nitrogens with zero attached hydrogens (tertiary/aromatic N) is 3. The van der Waals surface area contributed by atoms with E-state index in [-0.39, 0.29) is 11.1 Å². The molecule has 5 nitrogen and oxygen atoms in total. The fraction of sp³-hybridized carbons (Fsp3) is 0.462. The third-order valence-corrected chi connectivity index (χ3v) is 2.61. The zero-order valence-corrected chi connectivity index (χ0v) is 11.0. The molecule has 0 radical (unpaired) electrons. The lowest BCUT2D eigenvalue weighted by molar-refractivity contribution is 0.397. The number of hydrogen-bond donors (Lipinski definition) is 1. The summed E-state index contributed by atoms with van der Waals surface area (Å²) in [5, 5.41) is 11.9. The minimum absolute atomic E-state index is 0.0356. The molecule has 0 aliphatic rings. The second-order valence-electron chi connectivity index (χ2n) is 5.31. The van der Waals surface area contributed by atoms with Gasteiger partial charge in [0.05, 0.1) is 11.9 Å². The van der Waals surface area contributed by atoms with Crippen LogP contribution in [-0.4, -0.2) is 27.1 Å². The number of benzene rings is 1. The Morgan fingerprint density at radius 1 is 1.28 bits per heavy atom. The monoisotopic (exact) mass is 246 g/mol. The smallest absolute Gasteiger partial charge is 0.277 e. The van der Waals surface area contributed by atoms with E-state index < -0.39 is 0 Å². The summed E-state index contributed by atoms with van der Waals surface area (Å²) in [6.45, 7) is 7.47. The minimum atomic E-state index is -0.0868. The van der Waals surface area contributed by atoms with Crippen LogP contribution in [0.1, 0.15) is 20.8 Å². The molecule has 18 heavy (non-hydrogen) atoms. The van der Waals surface area contributed by atoms with Gasteiger partial charge < -0.3 is 5.32 Å². The molecule has 0 unspecified atom stereocenters. The number of hydrogen-bond acceptors (Lipinski definition) is 4. The number of nitrogens with one attached hydrogen (secondary N) is 1. The molecule has 1 aromatic carbocycles. The standard InChI is InChI=1S/C13H18N4O/c1-13(2,3)14-8-9-17-12(18)10-6-4-5-7-11(10)15-16-17/h4-7,14H,8-9H2,1-3H3. The van der Waals surface area contributed by atoms with Gasteiger partial charge in [0.15, 0.2) is 0 Å². The van der Waals surface area contributed by atoms with Crippen molar-refractivity contribution in [3.63, 3.8) is 0 Å². The first-order valence-corrected chi connectivity index (χ1v) is 6.05. The van der Waals surface area contributed by atoms with Gasteiger partial charge in [-0.3, -0.25) is 4.79 Å². The fourth-order valence-corrected chi connectivity index (χ4v) is 1.71. The quantitative estimate of drug-likeness (QED) is 0.883. The van der Waals surface area contributed by atoms with Crippen molar-refractivity contribution in [1.29, 1.82) is 0 Å². The zero-order chi connectivity index (χ0) is 13.2. The maximum atomic E-state index is 12.1. The first-order chi connectivity index (χ1) is 8.47. The first kappa shape index (κ1) is 12.7. The Kier molecular flexibility index (Phi) is 3.43. The van der Waals surface area contributed by atoms with Crippen LogP contribution in [0.2, 0.25) is 0 Å². The van der Waals surface area contributed by atoms with Gasteiger partial charge in [-0.15, -0.1) is 5.10 Å². The molecule has 0 atom stereocenters. The number of aromatic nitrogens is 3. The normalized spacial score (nSPS) is 11.9. The van der Waals surface area contributed by atoms with Gasteiger partial charge in [-0.2, -0.15) is 0 Å². The van der Waals surface area contributed by atoms with Crippen LogP contribution in [0.3, 0.4) is 0 Å². The summed E-state index contributed by atoms with van der Waals surface area (Å²) in [6, 6.07) is 7.26. The highest BCUT2D eigenvalue weighted by Crippen LogP contribution is 2.03. The van der Waals surface area contributed by atoms with E-state index >= 15 is 0 Å². The Labute approximate surface area is 106 Å². The first-order valence-electron chi connectivity index (χ1n) is 6.05. The van der Waals surface area contributed by atoms with Crippen LogP contribution in [0.15, 0.2) is 29.1 Å². The molecule has 2 aromatic rings. The average molecular weight is 246 g/mol. The van der Waals surface area contributed by atoms with Crippen molar-refractivity contribution in [2.45, 2.75) is 32.9 Å². The molecule has 0 aliphatic carbocycles. The Morgan fingerprint density at radius 3 is 2.72 bits per heavy atom. The van der Waals surface area contributed by atoms with E-state index in [0.29, 0.717) is 24.0 Å². The second-order valence-corrected chi connectivity index (χ2v) is 5.31. The van der Waals surface area contributed by atoms with Crippen LogP contribution in [0.25, 0.3) is 10.9 Å². The summed E-state index contributed by atoms with van der Waals surface area (Å²) in [4.78, 5) is 12.1. The summed E-state index contributed by atoms with van der Waals surface area (Å²) in [5.41, 5.74) is 0.590. The van der Waals surface area contributed by atoms with Crippen molar-refractivity contribution in [3.8, 4) is 0 Å². The van der Waals surface area contributed by atoms with Crippen molar-refractivity contribution in [2.24, 2.45) is 0 Å². The summed E-state index contributed by atoms with van der Waals surface area (Å²) < 4.78 is 1.40. The number of fused-ring (bicyclic) bond motifs is 1. The van der Waals surface area contributed by atoms with Gasteiger partial charge in [0.25, 0.3) is 5.56 Å². The van der Waals surface area contributed by atoms with E-state index in [0.717, 1.165) is 0 Å². The highest BCUT2D eigenvalue weighted by atomic mass is 16.1. The van der Waals surface area contributed by atoms with Crippen LogP contribution >= 0.6 is 0 Å². The molecule has 1 heterocycles. The van der Waals surface area contributed by atoms with Crippen LogP contribution in [0.5, 0.6) is 0 Å². The molecule has 2 rings (SSSR count). The van der Waals surface area contributed by atoms with Gasteiger partial charge in [-0.1, -0.05) is 17.3 Å². The lowest BCUT2D eigenvalue weighted by atomic mass is 10.1. The molecule has 1 N–H and O–H groups in total. The van der Waals surface area contributed by atoms with Crippen LogP contribution < -0.4 is 10.9 Å². The number of rotatable bonds is 3. The SMILES string of the molecule is CC(C)(C)NCCn1nnc2ccccc2c1=O. The van der Waals surface area contributed by atoms with Crippen molar-refractivity contribution in [3.05, 3.63) is 34.6 Å². The molecule has 0 spiro atoms.